The van der Waals surface area contributed by atoms with Crippen molar-refractivity contribution in [3.05, 3.63) is 261 Å². The van der Waals surface area contributed by atoms with Gasteiger partial charge < -0.3 is 9.32 Å². The van der Waals surface area contributed by atoms with Crippen LogP contribution in [0.2, 0.25) is 0 Å². The van der Waals surface area contributed by atoms with Gasteiger partial charge in [0.25, 0.3) is 0 Å². The standard InChI is InChI=1S/C64H43NO/c1-3-13-44(14-4-1)46-25-27-47(28-26-46)48-33-38-54(39-34-48)65(55-40-35-50(36-41-55)57-21-11-18-49-17-7-8-19-56(49)57)62-43-53(45-15-5-2-6-16-45)37-42-58(62)51-29-31-52(32-30-51)59-22-12-23-61-60-20-9-10-24-63(60)66-64(59)61/h1-43H. The number of benzene rings is 11. The fraction of sp³-hybridized carbons (Fsp3) is 0. The van der Waals surface area contributed by atoms with Crippen LogP contribution in [0.1, 0.15) is 0 Å². The quantitative estimate of drug-likeness (QED) is 0.144. The second-order valence-electron chi connectivity index (χ2n) is 16.9. The Morgan fingerprint density at radius 2 is 0.682 bits per heavy atom. The van der Waals surface area contributed by atoms with E-state index in [4.69, 9.17) is 4.42 Å². The highest BCUT2D eigenvalue weighted by molar-refractivity contribution is 6.09. The van der Waals surface area contributed by atoms with Crippen LogP contribution < -0.4 is 4.90 Å². The first-order chi connectivity index (χ1) is 32.7. The van der Waals surface area contributed by atoms with E-state index in [0.717, 1.165) is 72.4 Å². The molecule has 12 aromatic rings. The van der Waals surface area contributed by atoms with Crippen molar-refractivity contribution in [2.24, 2.45) is 0 Å². The molecule has 2 nitrogen and oxygen atoms in total. The van der Waals surface area contributed by atoms with E-state index in [1.54, 1.807) is 0 Å². The zero-order valence-electron chi connectivity index (χ0n) is 36.2. The molecule has 0 aliphatic rings. The van der Waals surface area contributed by atoms with E-state index in [1.165, 1.54) is 44.2 Å². The zero-order valence-corrected chi connectivity index (χ0v) is 36.2. The number of fused-ring (bicyclic) bond motifs is 4. The minimum absolute atomic E-state index is 0.902. The van der Waals surface area contributed by atoms with Crippen molar-refractivity contribution in [1.29, 1.82) is 0 Å². The minimum atomic E-state index is 0.902. The summed E-state index contributed by atoms with van der Waals surface area (Å²) < 4.78 is 6.47. The number of nitrogens with zero attached hydrogens (tertiary/aromatic N) is 1. The molecule has 310 valence electrons. The molecule has 2 heteroatoms. The third-order valence-electron chi connectivity index (χ3n) is 12.9. The highest BCUT2D eigenvalue weighted by Crippen LogP contribution is 2.45. The third-order valence-corrected chi connectivity index (χ3v) is 12.9. The lowest BCUT2D eigenvalue weighted by Gasteiger charge is -2.29. The monoisotopic (exact) mass is 841 g/mol. The summed E-state index contributed by atoms with van der Waals surface area (Å²) in [6, 6.07) is 93.9. The predicted molar refractivity (Wildman–Crippen MR) is 279 cm³/mol. The van der Waals surface area contributed by atoms with E-state index in [2.05, 4.69) is 254 Å². The van der Waals surface area contributed by atoms with Gasteiger partial charge in [0.2, 0.25) is 0 Å². The van der Waals surface area contributed by atoms with Crippen LogP contribution in [0.15, 0.2) is 265 Å². The van der Waals surface area contributed by atoms with E-state index < -0.39 is 0 Å². The Balaban J connectivity index is 0.989. The Morgan fingerprint density at radius 1 is 0.258 bits per heavy atom. The molecule has 0 aliphatic heterocycles. The van der Waals surface area contributed by atoms with Crippen molar-refractivity contribution in [3.8, 4) is 66.8 Å². The van der Waals surface area contributed by atoms with Crippen LogP contribution in [-0.4, -0.2) is 0 Å². The SMILES string of the molecule is c1ccc(-c2ccc(-c3ccc(N(c4ccc(-c5cccc6ccccc56)cc4)c4cc(-c5ccccc5)ccc4-c4ccc(-c5cccc6c5oc5ccccc56)cc4)cc3)cc2)cc1. The summed E-state index contributed by atoms with van der Waals surface area (Å²) in [7, 11) is 0. The summed E-state index contributed by atoms with van der Waals surface area (Å²) in [6.07, 6.45) is 0. The van der Waals surface area contributed by atoms with E-state index in [1.807, 2.05) is 12.1 Å². The third kappa shape index (κ3) is 7.21. The molecule has 12 rings (SSSR count). The maximum atomic E-state index is 6.47. The molecule has 0 radical (unpaired) electrons. The summed E-state index contributed by atoms with van der Waals surface area (Å²) in [4.78, 5) is 2.42. The first-order valence-electron chi connectivity index (χ1n) is 22.6. The lowest BCUT2D eigenvalue weighted by atomic mass is 9.94. The number of hydrogen-bond donors (Lipinski definition) is 0. The van der Waals surface area contributed by atoms with Crippen LogP contribution in [0.25, 0.3) is 99.5 Å². The number of furan rings is 1. The first-order valence-corrected chi connectivity index (χ1v) is 22.6. The van der Waals surface area contributed by atoms with Gasteiger partial charge in [-0.05, 0) is 103 Å². The second-order valence-corrected chi connectivity index (χ2v) is 16.9. The largest absolute Gasteiger partial charge is 0.455 e. The summed E-state index contributed by atoms with van der Waals surface area (Å²) in [6.45, 7) is 0. The molecule has 0 aliphatic carbocycles. The smallest absolute Gasteiger partial charge is 0.143 e. The molecule has 0 N–H and O–H groups in total. The van der Waals surface area contributed by atoms with Gasteiger partial charge in [0.15, 0.2) is 0 Å². The normalized spacial score (nSPS) is 11.3. The predicted octanol–water partition coefficient (Wildman–Crippen LogP) is 18.2. The van der Waals surface area contributed by atoms with Gasteiger partial charge >= 0.3 is 0 Å². The topological polar surface area (TPSA) is 16.4 Å². The van der Waals surface area contributed by atoms with Gasteiger partial charge in [-0.15, -0.1) is 0 Å². The Bertz CT molecular complexity index is 3640. The Hall–Kier alpha value is -8.72. The van der Waals surface area contributed by atoms with Crippen LogP contribution in [0, 0.1) is 0 Å². The van der Waals surface area contributed by atoms with E-state index >= 15 is 0 Å². The average Bonchev–Trinajstić information content (AvgIpc) is 3.79. The molecule has 66 heavy (non-hydrogen) atoms. The fourth-order valence-corrected chi connectivity index (χ4v) is 9.56. The molecule has 0 bridgehead atoms. The maximum absolute atomic E-state index is 6.47. The lowest BCUT2D eigenvalue weighted by Crippen LogP contribution is -2.11. The minimum Gasteiger partial charge on any atom is -0.455 e. The summed E-state index contributed by atoms with van der Waals surface area (Å²) >= 11 is 0. The molecule has 0 saturated heterocycles. The number of para-hydroxylation sites is 2. The van der Waals surface area contributed by atoms with Crippen LogP contribution >= 0.6 is 0 Å². The van der Waals surface area contributed by atoms with Crippen LogP contribution in [0.3, 0.4) is 0 Å². The molecule has 0 unspecified atom stereocenters. The molecule has 0 fully saturated rings. The lowest BCUT2D eigenvalue weighted by molar-refractivity contribution is 0.670. The highest BCUT2D eigenvalue weighted by Gasteiger charge is 2.20. The summed E-state index contributed by atoms with van der Waals surface area (Å²) in [5.41, 5.74) is 19.0. The first kappa shape index (κ1) is 38.9. The average molecular weight is 842 g/mol. The molecule has 0 atom stereocenters. The molecule has 11 aromatic carbocycles. The highest BCUT2D eigenvalue weighted by atomic mass is 16.3. The van der Waals surface area contributed by atoms with Gasteiger partial charge in [-0.2, -0.15) is 0 Å². The number of rotatable bonds is 9. The van der Waals surface area contributed by atoms with Gasteiger partial charge in [0.1, 0.15) is 11.2 Å². The van der Waals surface area contributed by atoms with Crippen molar-refractivity contribution in [1.82, 2.24) is 0 Å². The fourth-order valence-electron chi connectivity index (χ4n) is 9.56. The maximum Gasteiger partial charge on any atom is 0.143 e. The zero-order chi connectivity index (χ0) is 43.8. The Kier molecular flexibility index (Phi) is 9.89. The number of anilines is 3. The molecule has 0 amide bonds. The van der Waals surface area contributed by atoms with Gasteiger partial charge in [0.05, 0.1) is 5.69 Å². The van der Waals surface area contributed by atoms with Gasteiger partial charge in [-0.1, -0.05) is 224 Å². The summed E-state index contributed by atoms with van der Waals surface area (Å²) in [5, 5.41) is 4.74. The molecular weight excluding hydrogens is 799 g/mol. The van der Waals surface area contributed by atoms with Crippen molar-refractivity contribution in [2.45, 2.75) is 0 Å². The van der Waals surface area contributed by atoms with E-state index in [9.17, 15) is 0 Å². The molecule has 0 spiro atoms. The molecule has 1 aromatic heterocycles. The second kappa shape index (κ2) is 16.8. The van der Waals surface area contributed by atoms with Crippen LogP contribution in [0.5, 0.6) is 0 Å². The molecule has 1 heterocycles. The van der Waals surface area contributed by atoms with E-state index in [0.29, 0.717) is 0 Å². The van der Waals surface area contributed by atoms with Crippen molar-refractivity contribution in [2.75, 3.05) is 4.90 Å². The van der Waals surface area contributed by atoms with Gasteiger partial charge in [-0.3, -0.25) is 0 Å². The van der Waals surface area contributed by atoms with Crippen molar-refractivity contribution >= 4 is 49.8 Å². The van der Waals surface area contributed by atoms with Crippen LogP contribution in [-0.2, 0) is 0 Å². The molecular formula is C64H43NO. The van der Waals surface area contributed by atoms with Gasteiger partial charge in [-0.25, -0.2) is 0 Å². The van der Waals surface area contributed by atoms with Crippen molar-refractivity contribution < 1.29 is 4.42 Å². The summed E-state index contributed by atoms with van der Waals surface area (Å²) in [5.74, 6) is 0. The van der Waals surface area contributed by atoms with Crippen molar-refractivity contribution in [3.63, 3.8) is 0 Å². The molecule has 0 saturated carbocycles. The van der Waals surface area contributed by atoms with Gasteiger partial charge in [0, 0.05) is 33.3 Å². The number of hydrogen-bond acceptors (Lipinski definition) is 2. The van der Waals surface area contributed by atoms with E-state index in [-0.39, 0.29) is 0 Å². The van der Waals surface area contributed by atoms with Crippen LogP contribution in [0.4, 0.5) is 17.1 Å². The Morgan fingerprint density at radius 3 is 1.35 bits per heavy atom. The Labute approximate surface area is 384 Å².